The van der Waals surface area contributed by atoms with Crippen LogP contribution in [0.4, 0.5) is 0 Å². The van der Waals surface area contributed by atoms with Crippen LogP contribution in [0.3, 0.4) is 0 Å². The van der Waals surface area contributed by atoms with Crippen LogP contribution < -0.4 is 0 Å². The minimum absolute atomic E-state index is 0.915. The van der Waals surface area contributed by atoms with Gasteiger partial charge in [0.05, 0.1) is 0 Å². The van der Waals surface area contributed by atoms with Crippen molar-refractivity contribution in [3.63, 3.8) is 0 Å². The van der Waals surface area contributed by atoms with Crippen molar-refractivity contribution in [2.45, 2.75) is 19.3 Å². The maximum Gasteiger partial charge on any atom is 0.244 e. The maximum absolute atomic E-state index is 10.6. The number of thiol groups is 1. The third kappa shape index (κ3) is 2.24. The van der Waals surface area contributed by atoms with Gasteiger partial charge in [0.25, 0.3) is 0 Å². The molecule has 0 aromatic rings. The molecule has 0 N–H and O–H groups in total. The summed E-state index contributed by atoms with van der Waals surface area (Å²) in [6.07, 6.45) is 3.55. The standard InChI is InChI=1S/C5H10ClNOS/c6-9(8)7-4-2-1-3-5-7/h1-5H2/p+1. The van der Waals surface area contributed by atoms with E-state index in [0.29, 0.717) is 0 Å². The Hall–Kier alpha value is 0.400. The largest absolute Gasteiger partial charge is 0.244 e. The number of piperidine rings is 1. The Labute approximate surface area is 62.3 Å². The first-order chi connectivity index (χ1) is 4.30. The van der Waals surface area contributed by atoms with Crippen LogP contribution in [-0.2, 0) is 14.4 Å². The van der Waals surface area contributed by atoms with Crippen LogP contribution in [0.1, 0.15) is 19.3 Å². The molecule has 0 aromatic heterocycles. The Morgan fingerprint density at radius 2 is 1.78 bits per heavy atom. The molecule has 0 radical (unpaired) electrons. The van der Waals surface area contributed by atoms with Crippen molar-refractivity contribution in [1.29, 1.82) is 0 Å². The summed E-state index contributed by atoms with van der Waals surface area (Å²) >= 11 is 0. The van der Waals surface area contributed by atoms with Crippen LogP contribution in [0.5, 0.6) is 0 Å². The Balaban J connectivity index is 2.31. The molecule has 2 nitrogen and oxygen atoms in total. The molecule has 0 saturated carbocycles. The number of hydrogen-bond donors (Lipinski definition) is 0. The van der Waals surface area contributed by atoms with E-state index in [0.717, 1.165) is 25.9 Å². The summed E-state index contributed by atoms with van der Waals surface area (Å²) in [4.78, 5) is 0. The molecule has 0 amide bonds. The molecular weight excluding hydrogens is 158 g/mol. The zero-order valence-corrected chi connectivity index (χ0v) is 6.87. The average molecular weight is 169 g/mol. The quantitative estimate of drug-likeness (QED) is 0.328. The van der Waals surface area contributed by atoms with Crippen LogP contribution in [0.15, 0.2) is 0 Å². The smallest absolute Gasteiger partial charge is 0.110 e. The van der Waals surface area contributed by atoms with Gasteiger partial charge >= 0.3 is 0 Å². The number of rotatable bonds is 1. The molecule has 1 atom stereocenters. The summed E-state index contributed by atoms with van der Waals surface area (Å²) in [6.45, 7) is 1.83. The first-order valence-corrected chi connectivity index (χ1v) is 5.30. The Kier molecular flexibility index (Phi) is 2.95. The second-order valence-corrected chi connectivity index (χ2v) is 4.13. The number of hydrogen-bond acceptors (Lipinski definition) is 1. The molecule has 4 heteroatoms. The second-order valence-electron chi connectivity index (χ2n) is 2.24. The van der Waals surface area contributed by atoms with Crippen molar-refractivity contribution in [2.75, 3.05) is 13.1 Å². The van der Waals surface area contributed by atoms with Gasteiger partial charge in [0, 0.05) is 13.1 Å². The molecule has 1 unspecified atom stereocenters. The van der Waals surface area contributed by atoms with Crippen LogP contribution in [0.25, 0.3) is 0 Å². The highest BCUT2D eigenvalue weighted by Gasteiger charge is 2.18. The van der Waals surface area contributed by atoms with E-state index < -0.39 is 10.2 Å². The SMILES string of the molecule is O=[SH+](Cl)N1CCCCC1. The predicted molar refractivity (Wildman–Crippen MR) is 40.7 cm³/mol. The zero-order chi connectivity index (χ0) is 6.69. The zero-order valence-electron chi connectivity index (χ0n) is 5.22. The highest BCUT2D eigenvalue weighted by Crippen LogP contribution is 2.12. The van der Waals surface area contributed by atoms with Gasteiger partial charge in [-0.1, -0.05) is 10.6 Å². The third-order valence-corrected chi connectivity index (χ3v) is 3.04. The molecule has 1 aliphatic rings. The van der Waals surface area contributed by atoms with Gasteiger partial charge in [-0.3, -0.25) is 0 Å². The van der Waals surface area contributed by atoms with Gasteiger partial charge in [-0.25, -0.2) is 0 Å². The maximum atomic E-state index is 10.6. The monoisotopic (exact) mass is 168 g/mol. The van der Waals surface area contributed by atoms with E-state index in [1.165, 1.54) is 6.42 Å². The minimum atomic E-state index is -1.56. The summed E-state index contributed by atoms with van der Waals surface area (Å²) < 4.78 is 12.5. The van der Waals surface area contributed by atoms with Crippen molar-refractivity contribution < 1.29 is 4.21 Å². The van der Waals surface area contributed by atoms with Gasteiger partial charge in [-0.2, -0.15) is 0 Å². The fraction of sp³-hybridized carbons (Fsp3) is 1.00. The molecule has 0 aromatic carbocycles. The van der Waals surface area contributed by atoms with Gasteiger partial charge in [-0.15, -0.1) is 4.31 Å². The fourth-order valence-electron chi connectivity index (χ4n) is 1.03. The number of nitrogens with zero attached hydrogens (tertiary/aromatic N) is 1. The van der Waals surface area contributed by atoms with E-state index in [2.05, 4.69) is 0 Å². The molecule has 0 aliphatic carbocycles. The van der Waals surface area contributed by atoms with Gasteiger partial charge in [0.15, 0.2) is 10.7 Å². The molecule has 0 bridgehead atoms. The predicted octanol–water partition coefficient (Wildman–Crippen LogP) is 1.24. The molecule has 1 rings (SSSR count). The Morgan fingerprint density at radius 1 is 1.22 bits per heavy atom. The van der Waals surface area contributed by atoms with Crippen molar-refractivity contribution in [3.8, 4) is 0 Å². The lowest BCUT2D eigenvalue weighted by molar-refractivity contribution is 0.366. The fourth-order valence-corrected chi connectivity index (χ4v) is 2.09. The Morgan fingerprint density at radius 3 is 2.11 bits per heavy atom. The van der Waals surface area contributed by atoms with Crippen molar-refractivity contribution >= 4 is 20.9 Å². The van der Waals surface area contributed by atoms with Crippen molar-refractivity contribution in [1.82, 2.24) is 4.31 Å². The minimum Gasteiger partial charge on any atom is -0.110 e. The molecule has 1 heterocycles. The first-order valence-electron chi connectivity index (χ1n) is 3.18. The van der Waals surface area contributed by atoms with Crippen LogP contribution in [0.2, 0.25) is 0 Å². The lowest BCUT2D eigenvalue weighted by Gasteiger charge is -2.16. The van der Waals surface area contributed by atoms with Crippen LogP contribution in [-0.4, -0.2) is 17.4 Å². The lowest BCUT2D eigenvalue weighted by atomic mass is 10.2. The van der Waals surface area contributed by atoms with Crippen LogP contribution in [0, 0.1) is 0 Å². The van der Waals surface area contributed by atoms with E-state index in [1.54, 1.807) is 0 Å². The molecule has 1 fully saturated rings. The summed E-state index contributed by atoms with van der Waals surface area (Å²) in [6, 6.07) is 0. The highest BCUT2D eigenvalue weighted by molar-refractivity contribution is 8.06. The van der Waals surface area contributed by atoms with Gasteiger partial charge in [0.2, 0.25) is 10.2 Å². The Bertz CT molecular complexity index is 114. The van der Waals surface area contributed by atoms with E-state index in [4.69, 9.17) is 10.7 Å². The van der Waals surface area contributed by atoms with E-state index in [1.807, 2.05) is 4.31 Å². The highest BCUT2D eigenvalue weighted by atomic mass is 35.7. The van der Waals surface area contributed by atoms with Crippen LogP contribution >= 0.6 is 10.7 Å². The second kappa shape index (κ2) is 3.54. The van der Waals surface area contributed by atoms with E-state index in [9.17, 15) is 4.21 Å². The normalized spacial score (nSPS) is 25.9. The number of halogens is 1. The summed E-state index contributed by atoms with van der Waals surface area (Å²) in [5.74, 6) is 0. The molecular formula is C5H11ClNOS+. The molecule has 9 heavy (non-hydrogen) atoms. The van der Waals surface area contributed by atoms with Crippen molar-refractivity contribution in [2.24, 2.45) is 0 Å². The van der Waals surface area contributed by atoms with E-state index >= 15 is 0 Å². The molecule has 54 valence electrons. The third-order valence-electron chi connectivity index (χ3n) is 1.55. The summed E-state index contributed by atoms with van der Waals surface area (Å²) in [5.41, 5.74) is 0. The molecule has 1 aliphatic heterocycles. The van der Waals surface area contributed by atoms with E-state index in [-0.39, 0.29) is 0 Å². The van der Waals surface area contributed by atoms with Gasteiger partial charge in [-0.05, 0) is 12.8 Å². The van der Waals surface area contributed by atoms with Gasteiger partial charge in [0.1, 0.15) is 0 Å². The topological polar surface area (TPSA) is 20.3 Å². The van der Waals surface area contributed by atoms with Gasteiger partial charge < -0.3 is 0 Å². The molecule has 0 spiro atoms. The van der Waals surface area contributed by atoms with Crippen molar-refractivity contribution in [3.05, 3.63) is 0 Å². The summed E-state index contributed by atoms with van der Waals surface area (Å²) in [7, 11) is 3.83. The average Bonchev–Trinajstić information content (AvgIpc) is 1.90. The summed E-state index contributed by atoms with van der Waals surface area (Å²) in [5, 5.41) is 0. The lowest BCUT2D eigenvalue weighted by Crippen LogP contribution is -2.28. The first kappa shape index (κ1) is 7.51. The molecule has 1 saturated heterocycles.